The van der Waals surface area contributed by atoms with E-state index in [9.17, 15) is 0 Å². The van der Waals surface area contributed by atoms with Crippen LogP contribution in [0, 0.1) is 0 Å². The van der Waals surface area contributed by atoms with E-state index < -0.39 is 0 Å². The maximum atomic E-state index is 5.11. The van der Waals surface area contributed by atoms with Gasteiger partial charge in [-0.25, -0.2) is 0 Å². The highest BCUT2D eigenvalue weighted by Gasteiger charge is 1.88. The SMILES string of the molecule is CCOC(=S)/C=C/c1ccccc1. The van der Waals surface area contributed by atoms with Crippen molar-refractivity contribution in [2.45, 2.75) is 6.92 Å². The molecule has 13 heavy (non-hydrogen) atoms. The monoisotopic (exact) mass is 192 g/mol. The summed E-state index contributed by atoms with van der Waals surface area (Å²) < 4.78 is 5.11. The minimum atomic E-state index is 0.534. The van der Waals surface area contributed by atoms with Gasteiger partial charge in [-0.2, -0.15) is 0 Å². The molecule has 0 saturated heterocycles. The van der Waals surface area contributed by atoms with Crippen molar-refractivity contribution in [3.63, 3.8) is 0 Å². The Balaban J connectivity index is 2.54. The van der Waals surface area contributed by atoms with Gasteiger partial charge in [-0.3, -0.25) is 0 Å². The van der Waals surface area contributed by atoms with Crippen LogP contribution in [0.25, 0.3) is 6.08 Å². The first-order valence-corrected chi connectivity index (χ1v) is 4.63. The van der Waals surface area contributed by atoms with Crippen LogP contribution in [0.1, 0.15) is 12.5 Å². The molecule has 68 valence electrons. The van der Waals surface area contributed by atoms with Gasteiger partial charge in [0.05, 0.1) is 6.61 Å². The molecule has 0 fully saturated rings. The molecule has 0 spiro atoms. The lowest BCUT2D eigenvalue weighted by molar-refractivity contribution is 0.339. The third kappa shape index (κ3) is 3.85. The van der Waals surface area contributed by atoms with Gasteiger partial charge in [-0.05, 0) is 30.8 Å². The molecule has 0 unspecified atom stereocenters. The summed E-state index contributed by atoms with van der Waals surface area (Å²) in [6.45, 7) is 2.54. The molecule has 0 atom stereocenters. The van der Waals surface area contributed by atoms with Crippen LogP contribution in [0.5, 0.6) is 0 Å². The first kappa shape index (κ1) is 9.93. The van der Waals surface area contributed by atoms with Crippen molar-refractivity contribution in [3.05, 3.63) is 42.0 Å². The Kier molecular flexibility index (Phi) is 4.19. The van der Waals surface area contributed by atoms with Gasteiger partial charge in [0, 0.05) is 0 Å². The third-order valence-corrected chi connectivity index (χ3v) is 1.75. The van der Waals surface area contributed by atoms with Gasteiger partial charge in [0.2, 0.25) is 0 Å². The van der Waals surface area contributed by atoms with Crippen molar-refractivity contribution < 1.29 is 4.74 Å². The zero-order chi connectivity index (χ0) is 9.52. The molecule has 1 rings (SSSR count). The van der Waals surface area contributed by atoms with Crippen LogP contribution in [0.4, 0.5) is 0 Å². The van der Waals surface area contributed by atoms with Gasteiger partial charge in [-0.15, -0.1) is 0 Å². The summed E-state index contributed by atoms with van der Waals surface area (Å²) in [4.78, 5) is 0. The predicted molar refractivity (Wildman–Crippen MR) is 59.7 cm³/mol. The molecule has 1 aromatic rings. The number of hydrogen-bond donors (Lipinski definition) is 0. The highest BCUT2D eigenvalue weighted by atomic mass is 32.1. The molecule has 2 heteroatoms. The van der Waals surface area contributed by atoms with E-state index in [4.69, 9.17) is 17.0 Å². The second-order valence-electron chi connectivity index (χ2n) is 2.50. The molecular formula is C11H12OS. The van der Waals surface area contributed by atoms with Crippen molar-refractivity contribution >= 4 is 23.3 Å². The van der Waals surface area contributed by atoms with Crippen LogP contribution in [0.3, 0.4) is 0 Å². The second-order valence-corrected chi connectivity index (χ2v) is 2.90. The first-order chi connectivity index (χ1) is 6.33. The Morgan fingerprint density at radius 2 is 2.08 bits per heavy atom. The number of ether oxygens (including phenoxy) is 1. The number of thiocarbonyl (C=S) groups is 1. The summed E-state index contributed by atoms with van der Waals surface area (Å²) in [7, 11) is 0. The fourth-order valence-corrected chi connectivity index (χ4v) is 1.10. The molecule has 0 radical (unpaired) electrons. The molecule has 0 saturated carbocycles. The molecule has 0 aliphatic carbocycles. The summed E-state index contributed by atoms with van der Waals surface area (Å²) in [5, 5.41) is 0.534. The Hall–Kier alpha value is -1.15. The van der Waals surface area contributed by atoms with Crippen LogP contribution >= 0.6 is 12.2 Å². The van der Waals surface area contributed by atoms with Crippen molar-refractivity contribution in [1.82, 2.24) is 0 Å². The van der Waals surface area contributed by atoms with Crippen LogP contribution in [-0.4, -0.2) is 11.7 Å². The molecule has 0 amide bonds. The average Bonchev–Trinajstić information content (AvgIpc) is 2.17. The van der Waals surface area contributed by atoms with Gasteiger partial charge in [0.25, 0.3) is 0 Å². The quantitative estimate of drug-likeness (QED) is 0.537. The lowest BCUT2D eigenvalue weighted by atomic mass is 10.2. The van der Waals surface area contributed by atoms with Gasteiger partial charge >= 0.3 is 0 Å². The van der Waals surface area contributed by atoms with Gasteiger partial charge < -0.3 is 4.74 Å². The average molecular weight is 192 g/mol. The third-order valence-electron chi connectivity index (χ3n) is 1.50. The molecule has 0 N–H and O–H groups in total. The first-order valence-electron chi connectivity index (χ1n) is 4.23. The van der Waals surface area contributed by atoms with Crippen molar-refractivity contribution in [3.8, 4) is 0 Å². The van der Waals surface area contributed by atoms with E-state index in [1.807, 2.05) is 43.3 Å². The minimum Gasteiger partial charge on any atom is -0.484 e. The summed E-state index contributed by atoms with van der Waals surface area (Å²) in [6, 6.07) is 10.0. The Morgan fingerprint density at radius 1 is 1.38 bits per heavy atom. The van der Waals surface area contributed by atoms with Crippen LogP contribution in [-0.2, 0) is 4.74 Å². The summed E-state index contributed by atoms with van der Waals surface area (Å²) in [5.41, 5.74) is 1.13. The lowest BCUT2D eigenvalue weighted by Crippen LogP contribution is -1.95. The van der Waals surface area contributed by atoms with E-state index in [1.165, 1.54) is 0 Å². The standard InChI is InChI=1S/C11H12OS/c1-2-12-11(13)9-8-10-6-4-3-5-7-10/h3-9H,2H2,1H3/b9-8+. The van der Waals surface area contributed by atoms with Gasteiger partial charge in [0.15, 0.2) is 5.05 Å². The van der Waals surface area contributed by atoms with Crippen LogP contribution < -0.4 is 0 Å². The number of rotatable bonds is 3. The van der Waals surface area contributed by atoms with Gasteiger partial charge in [0.1, 0.15) is 0 Å². The van der Waals surface area contributed by atoms with E-state index in [0.717, 1.165) is 5.56 Å². The fourth-order valence-electron chi connectivity index (χ4n) is 0.919. The van der Waals surface area contributed by atoms with Gasteiger partial charge in [-0.1, -0.05) is 36.4 Å². The van der Waals surface area contributed by atoms with E-state index in [2.05, 4.69) is 0 Å². The normalized spacial score (nSPS) is 10.2. The fraction of sp³-hybridized carbons (Fsp3) is 0.182. The Bertz CT molecular complexity index is 290. The molecule has 0 aromatic heterocycles. The number of hydrogen-bond acceptors (Lipinski definition) is 2. The minimum absolute atomic E-state index is 0.534. The molecule has 1 nitrogen and oxygen atoms in total. The zero-order valence-electron chi connectivity index (χ0n) is 7.57. The summed E-state index contributed by atoms with van der Waals surface area (Å²) in [6.07, 6.45) is 3.74. The smallest absolute Gasteiger partial charge is 0.183 e. The molecule has 0 aliphatic rings. The molecule has 0 bridgehead atoms. The zero-order valence-corrected chi connectivity index (χ0v) is 8.38. The lowest BCUT2D eigenvalue weighted by Gasteiger charge is -1.97. The van der Waals surface area contributed by atoms with Crippen LogP contribution in [0.15, 0.2) is 36.4 Å². The van der Waals surface area contributed by atoms with E-state index in [-0.39, 0.29) is 0 Å². The number of benzene rings is 1. The molecular weight excluding hydrogens is 180 g/mol. The summed E-state index contributed by atoms with van der Waals surface area (Å²) in [5.74, 6) is 0. The maximum absolute atomic E-state index is 5.11. The Morgan fingerprint density at radius 3 is 2.69 bits per heavy atom. The maximum Gasteiger partial charge on any atom is 0.183 e. The predicted octanol–water partition coefficient (Wildman–Crippen LogP) is 3.06. The van der Waals surface area contributed by atoms with E-state index >= 15 is 0 Å². The van der Waals surface area contributed by atoms with Crippen LogP contribution in [0.2, 0.25) is 0 Å². The Labute approximate surface area is 84.0 Å². The molecule has 1 aromatic carbocycles. The van der Waals surface area contributed by atoms with E-state index in [1.54, 1.807) is 6.08 Å². The van der Waals surface area contributed by atoms with E-state index in [0.29, 0.717) is 11.7 Å². The van der Waals surface area contributed by atoms with Crippen molar-refractivity contribution in [2.75, 3.05) is 6.61 Å². The second kappa shape index (κ2) is 5.49. The van der Waals surface area contributed by atoms with Crippen molar-refractivity contribution in [2.24, 2.45) is 0 Å². The largest absolute Gasteiger partial charge is 0.484 e. The van der Waals surface area contributed by atoms with Crippen molar-refractivity contribution in [1.29, 1.82) is 0 Å². The molecule has 0 heterocycles. The summed E-state index contributed by atoms with van der Waals surface area (Å²) >= 11 is 4.94. The topological polar surface area (TPSA) is 9.23 Å². The highest BCUT2D eigenvalue weighted by Crippen LogP contribution is 2.01. The molecule has 0 aliphatic heterocycles. The highest BCUT2D eigenvalue weighted by molar-refractivity contribution is 7.80.